The van der Waals surface area contributed by atoms with Crippen molar-refractivity contribution in [2.24, 2.45) is 0 Å². The van der Waals surface area contributed by atoms with E-state index in [4.69, 9.17) is 4.74 Å². The summed E-state index contributed by atoms with van der Waals surface area (Å²) in [5, 5.41) is 2.61. The number of Topliss-reactive ketones (excluding diaryl/α,β-unsaturated/α-hetero) is 1. The number of hydrogen-bond donors (Lipinski definition) is 1. The summed E-state index contributed by atoms with van der Waals surface area (Å²) in [6, 6.07) is 4.11. The van der Waals surface area contributed by atoms with Crippen LogP contribution in [0.1, 0.15) is 34.6 Å². The maximum absolute atomic E-state index is 15.1. The molecule has 0 aliphatic carbocycles. The van der Waals surface area contributed by atoms with Gasteiger partial charge in [0.2, 0.25) is 11.9 Å². The van der Waals surface area contributed by atoms with Gasteiger partial charge in [-0.1, -0.05) is 0 Å². The highest BCUT2D eigenvalue weighted by Crippen LogP contribution is 2.30. The fourth-order valence-electron chi connectivity index (χ4n) is 4.59. The second-order valence-electron chi connectivity index (χ2n) is 10.4. The molecule has 1 aromatic heterocycles. The molecule has 2 aliphatic heterocycles. The van der Waals surface area contributed by atoms with Crippen LogP contribution in [-0.2, 0) is 14.3 Å². The predicted molar refractivity (Wildman–Crippen MR) is 137 cm³/mol. The minimum atomic E-state index is -0.596. The maximum Gasteiger partial charge on any atom is 0.414 e. The van der Waals surface area contributed by atoms with Gasteiger partial charge in [-0.15, -0.1) is 0 Å². The molecule has 37 heavy (non-hydrogen) atoms. The lowest BCUT2D eigenvalue weighted by Gasteiger charge is -2.45. The predicted octanol–water partition coefficient (Wildman–Crippen LogP) is 2.62. The van der Waals surface area contributed by atoms with E-state index in [0.29, 0.717) is 35.9 Å². The smallest absolute Gasteiger partial charge is 0.414 e. The second-order valence-corrected chi connectivity index (χ2v) is 10.4. The molecule has 2 saturated heterocycles. The number of aromatic nitrogens is 2. The molecular formula is C26H33FN6O4. The number of amides is 2. The lowest BCUT2D eigenvalue weighted by atomic mass is 10.0. The Morgan fingerprint density at radius 1 is 1.14 bits per heavy atom. The van der Waals surface area contributed by atoms with Crippen LogP contribution in [-0.4, -0.2) is 83.1 Å². The van der Waals surface area contributed by atoms with Gasteiger partial charge < -0.3 is 15.0 Å². The van der Waals surface area contributed by atoms with Crippen LogP contribution in [0.15, 0.2) is 30.6 Å². The SMILES string of the molecule is CC(=O)NC[C@H]1CN(c2ccc(-c3cnc(N4CCN(C(C)(C)C)CC4C(C)=O)nc3)c(F)c2)C(=O)O1. The minimum absolute atomic E-state index is 0.0445. The molecule has 0 saturated carbocycles. The molecule has 4 rings (SSSR count). The summed E-state index contributed by atoms with van der Waals surface area (Å²) in [5.41, 5.74) is 1.08. The van der Waals surface area contributed by atoms with E-state index in [-0.39, 0.29) is 36.4 Å². The first-order valence-electron chi connectivity index (χ1n) is 12.3. The Hall–Kier alpha value is -3.60. The van der Waals surface area contributed by atoms with Crippen molar-refractivity contribution in [1.29, 1.82) is 0 Å². The lowest BCUT2D eigenvalue weighted by Crippen LogP contribution is -2.60. The zero-order valence-corrected chi connectivity index (χ0v) is 21.8. The average Bonchev–Trinajstić information content (AvgIpc) is 3.22. The number of rotatable bonds is 6. The molecule has 2 aromatic rings. The molecule has 2 amide bonds. The third kappa shape index (κ3) is 5.87. The van der Waals surface area contributed by atoms with Crippen LogP contribution in [0.4, 0.5) is 20.8 Å². The number of carbonyl (C=O) groups is 3. The Labute approximate surface area is 215 Å². The highest BCUT2D eigenvalue weighted by Gasteiger charge is 2.36. The van der Waals surface area contributed by atoms with Crippen LogP contribution in [0.5, 0.6) is 0 Å². The van der Waals surface area contributed by atoms with Crippen molar-refractivity contribution in [1.82, 2.24) is 20.2 Å². The van der Waals surface area contributed by atoms with Gasteiger partial charge in [0.05, 0.1) is 18.8 Å². The van der Waals surface area contributed by atoms with E-state index in [0.717, 1.165) is 6.54 Å². The normalized spacial score (nSPS) is 20.6. The van der Waals surface area contributed by atoms with Crippen LogP contribution in [0.25, 0.3) is 11.1 Å². The highest BCUT2D eigenvalue weighted by atomic mass is 19.1. The van der Waals surface area contributed by atoms with Crippen molar-refractivity contribution < 1.29 is 23.5 Å². The maximum atomic E-state index is 15.1. The van der Waals surface area contributed by atoms with Crippen molar-refractivity contribution in [2.75, 3.05) is 42.5 Å². The van der Waals surface area contributed by atoms with Gasteiger partial charge in [0.1, 0.15) is 18.0 Å². The third-order valence-corrected chi connectivity index (χ3v) is 6.72. The third-order valence-electron chi connectivity index (χ3n) is 6.72. The van der Waals surface area contributed by atoms with E-state index < -0.39 is 18.0 Å². The molecule has 0 spiro atoms. The number of carbonyl (C=O) groups excluding carboxylic acids is 3. The lowest BCUT2D eigenvalue weighted by molar-refractivity contribution is -0.120. The van der Waals surface area contributed by atoms with E-state index in [1.165, 1.54) is 17.9 Å². The van der Waals surface area contributed by atoms with E-state index in [9.17, 15) is 14.4 Å². The van der Waals surface area contributed by atoms with Gasteiger partial charge in [-0.2, -0.15) is 0 Å². The van der Waals surface area contributed by atoms with Gasteiger partial charge in [0.25, 0.3) is 0 Å². The van der Waals surface area contributed by atoms with E-state index in [1.807, 2.05) is 4.90 Å². The number of nitrogens with one attached hydrogen (secondary N) is 1. The van der Waals surface area contributed by atoms with Crippen LogP contribution in [0.3, 0.4) is 0 Å². The molecule has 1 aromatic carbocycles. The van der Waals surface area contributed by atoms with Crippen molar-refractivity contribution in [2.45, 2.75) is 52.3 Å². The van der Waals surface area contributed by atoms with E-state index >= 15 is 4.39 Å². The number of nitrogens with zero attached hydrogens (tertiary/aromatic N) is 5. The topological polar surface area (TPSA) is 108 Å². The molecule has 0 radical (unpaired) electrons. The van der Waals surface area contributed by atoms with Gasteiger partial charge in [-0.05, 0) is 45.9 Å². The summed E-state index contributed by atoms with van der Waals surface area (Å²) in [6.07, 6.45) is 1.98. The molecule has 1 N–H and O–H groups in total. The summed E-state index contributed by atoms with van der Waals surface area (Å²) < 4.78 is 20.3. The molecule has 3 heterocycles. The Morgan fingerprint density at radius 2 is 1.84 bits per heavy atom. The minimum Gasteiger partial charge on any atom is -0.442 e. The van der Waals surface area contributed by atoms with E-state index in [1.54, 1.807) is 31.5 Å². The number of ketones is 1. The standard InChI is InChI=1S/C26H33FN6O4/c1-16(34)23-15-31(26(3,4)5)8-9-32(23)24-29-11-18(12-30-24)21-7-6-19(10-22(21)27)33-14-20(37-25(33)36)13-28-17(2)35/h6-7,10-12,20,23H,8-9,13-15H2,1-5H3,(H,28,35)/t20-,23?/m0/s1. The van der Waals surface area contributed by atoms with Crippen LogP contribution in [0, 0.1) is 5.82 Å². The van der Waals surface area contributed by atoms with Gasteiger partial charge in [0.15, 0.2) is 5.78 Å². The van der Waals surface area contributed by atoms with Crippen molar-refractivity contribution in [3.8, 4) is 11.1 Å². The molecule has 2 aliphatic rings. The first-order valence-corrected chi connectivity index (χ1v) is 12.3. The number of anilines is 2. The zero-order valence-electron chi connectivity index (χ0n) is 21.8. The molecule has 198 valence electrons. The fraction of sp³-hybridized carbons (Fsp3) is 0.500. The average molecular weight is 513 g/mol. The Balaban J connectivity index is 1.48. The molecule has 11 heteroatoms. The van der Waals surface area contributed by atoms with Crippen LogP contribution >= 0.6 is 0 Å². The molecule has 2 atom stereocenters. The Morgan fingerprint density at radius 3 is 2.43 bits per heavy atom. The van der Waals surface area contributed by atoms with Crippen LogP contribution in [0.2, 0.25) is 0 Å². The van der Waals surface area contributed by atoms with Gasteiger partial charge >= 0.3 is 6.09 Å². The Bertz CT molecular complexity index is 1180. The number of halogens is 1. The quantitative estimate of drug-likeness (QED) is 0.630. The Kier molecular flexibility index (Phi) is 7.44. The summed E-state index contributed by atoms with van der Waals surface area (Å²) in [4.78, 5) is 50.2. The van der Waals surface area contributed by atoms with Crippen molar-refractivity contribution >= 4 is 29.4 Å². The summed E-state index contributed by atoms with van der Waals surface area (Å²) in [6.45, 7) is 11.7. The number of benzene rings is 1. The molecule has 2 fully saturated rings. The monoisotopic (exact) mass is 512 g/mol. The summed E-state index contributed by atoms with van der Waals surface area (Å²) in [5.74, 6) is -0.281. The zero-order chi connectivity index (χ0) is 26.9. The van der Waals surface area contributed by atoms with Gasteiger partial charge in [-0.25, -0.2) is 19.2 Å². The first-order chi connectivity index (χ1) is 17.4. The van der Waals surface area contributed by atoms with Gasteiger partial charge in [-0.3, -0.25) is 19.4 Å². The number of cyclic esters (lactones) is 1. The second kappa shape index (κ2) is 10.4. The highest BCUT2D eigenvalue weighted by molar-refractivity contribution is 5.90. The van der Waals surface area contributed by atoms with Gasteiger partial charge in [0, 0.05) is 55.6 Å². The number of hydrogen-bond acceptors (Lipinski definition) is 8. The number of piperazine rings is 1. The van der Waals surface area contributed by atoms with Crippen LogP contribution < -0.4 is 15.1 Å². The number of ether oxygens (including phenoxy) is 1. The molecule has 1 unspecified atom stereocenters. The molecule has 0 bridgehead atoms. The fourth-order valence-corrected chi connectivity index (χ4v) is 4.59. The molecule has 10 nitrogen and oxygen atoms in total. The van der Waals surface area contributed by atoms with Crippen molar-refractivity contribution in [3.63, 3.8) is 0 Å². The largest absolute Gasteiger partial charge is 0.442 e. The van der Waals surface area contributed by atoms with E-state index in [2.05, 4.69) is 41.0 Å². The molecular weight excluding hydrogens is 479 g/mol. The summed E-state index contributed by atoms with van der Waals surface area (Å²) >= 11 is 0. The summed E-state index contributed by atoms with van der Waals surface area (Å²) in [7, 11) is 0. The van der Waals surface area contributed by atoms with Crippen molar-refractivity contribution in [3.05, 3.63) is 36.4 Å². The first kappa shape index (κ1) is 26.5.